The minimum Gasteiger partial charge on any atom is -0.271 e. The van der Waals surface area contributed by atoms with Crippen molar-refractivity contribution >= 4 is 0 Å². The Labute approximate surface area is 96.0 Å². The molecule has 0 amide bonds. The molecular weight excluding hydrogens is 203 g/mol. The quantitative estimate of drug-likeness (QED) is 0.607. The molecule has 1 aromatic rings. The van der Waals surface area contributed by atoms with Gasteiger partial charge in [-0.05, 0) is 25.3 Å². The molecule has 1 atom stereocenters. The molecule has 1 aliphatic rings. The van der Waals surface area contributed by atoms with Gasteiger partial charge in [0.25, 0.3) is 0 Å². The lowest BCUT2D eigenvalue weighted by atomic mass is 9.79. The van der Waals surface area contributed by atoms with Crippen LogP contribution in [0.15, 0.2) is 18.2 Å². The van der Waals surface area contributed by atoms with E-state index in [9.17, 15) is 4.39 Å². The Hall–Kier alpha value is -0.930. The standard InChI is InChI=1S/C13H19FN2/c1-9-5-6-12(14)11(7-9)13(16-15)8-10-3-2-4-10/h5-7,10,13,16H,2-4,8,15H2,1H3. The van der Waals surface area contributed by atoms with Crippen LogP contribution < -0.4 is 11.3 Å². The third-order valence-electron chi connectivity index (χ3n) is 3.52. The largest absolute Gasteiger partial charge is 0.271 e. The van der Waals surface area contributed by atoms with Crippen molar-refractivity contribution < 1.29 is 4.39 Å². The molecule has 2 nitrogen and oxygen atoms in total. The first kappa shape index (κ1) is 11.6. The summed E-state index contributed by atoms with van der Waals surface area (Å²) in [6.07, 6.45) is 4.76. The average Bonchev–Trinajstić information content (AvgIpc) is 2.21. The van der Waals surface area contributed by atoms with Crippen LogP contribution in [0.3, 0.4) is 0 Å². The van der Waals surface area contributed by atoms with E-state index in [1.54, 1.807) is 6.07 Å². The molecule has 16 heavy (non-hydrogen) atoms. The second-order valence-corrected chi connectivity index (χ2v) is 4.78. The van der Waals surface area contributed by atoms with Gasteiger partial charge in [0.05, 0.1) is 0 Å². The van der Waals surface area contributed by atoms with Crippen molar-refractivity contribution in [3.8, 4) is 0 Å². The Kier molecular flexibility index (Phi) is 3.56. The van der Waals surface area contributed by atoms with Crippen LogP contribution in [0.2, 0.25) is 0 Å². The van der Waals surface area contributed by atoms with E-state index < -0.39 is 0 Å². The van der Waals surface area contributed by atoms with Gasteiger partial charge in [-0.3, -0.25) is 11.3 Å². The predicted molar refractivity (Wildman–Crippen MR) is 63.2 cm³/mol. The van der Waals surface area contributed by atoms with Gasteiger partial charge in [-0.1, -0.05) is 37.0 Å². The molecule has 88 valence electrons. The molecule has 0 bridgehead atoms. The third kappa shape index (κ3) is 2.42. The van der Waals surface area contributed by atoms with Gasteiger partial charge in [-0.25, -0.2) is 4.39 Å². The Morgan fingerprint density at radius 3 is 2.81 bits per heavy atom. The zero-order chi connectivity index (χ0) is 11.5. The van der Waals surface area contributed by atoms with Gasteiger partial charge >= 0.3 is 0 Å². The van der Waals surface area contributed by atoms with Gasteiger partial charge in [0.2, 0.25) is 0 Å². The molecule has 0 aliphatic heterocycles. The van der Waals surface area contributed by atoms with Gasteiger partial charge in [0, 0.05) is 11.6 Å². The smallest absolute Gasteiger partial charge is 0.128 e. The summed E-state index contributed by atoms with van der Waals surface area (Å²) in [6.45, 7) is 1.97. The third-order valence-corrected chi connectivity index (χ3v) is 3.52. The van der Waals surface area contributed by atoms with E-state index in [0.29, 0.717) is 11.5 Å². The van der Waals surface area contributed by atoms with Crippen molar-refractivity contribution in [1.29, 1.82) is 0 Å². The highest BCUT2D eigenvalue weighted by Crippen LogP contribution is 2.35. The Morgan fingerprint density at radius 2 is 2.25 bits per heavy atom. The fourth-order valence-electron chi connectivity index (χ4n) is 2.28. The topological polar surface area (TPSA) is 38.0 Å². The van der Waals surface area contributed by atoms with E-state index in [1.807, 2.05) is 13.0 Å². The van der Waals surface area contributed by atoms with Gasteiger partial charge < -0.3 is 0 Å². The first-order valence-corrected chi connectivity index (χ1v) is 5.93. The van der Waals surface area contributed by atoms with Crippen LogP contribution in [-0.2, 0) is 0 Å². The van der Waals surface area contributed by atoms with Crippen LogP contribution in [0.25, 0.3) is 0 Å². The minimum atomic E-state index is -0.159. The first-order chi connectivity index (χ1) is 7.70. The van der Waals surface area contributed by atoms with E-state index in [4.69, 9.17) is 5.84 Å². The van der Waals surface area contributed by atoms with E-state index in [-0.39, 0.29) is 11.9 Å². The molecule has 3 N–H and O–H groups in total. The molecular formula is C13H19FN2. The highest BCUT2D eigenvalue weighted by atomic mass is 19.1. The fraction of sp³-hybridized carbons (Fsp3) is 0.538. The van der Waals surface area contributed by atoms with E-state index in [1.165, 1.54) is 25.3 Å². The Morgan fingerprint density at radius 1 is 1.50 bits per heavy atom. The molecule has 0 saturated heterocycles. The normalized spacial score (nSPS) is 18.2. The molecule has 1 aromatic carbocycles. The van der Waals surface area contributed by atoms with Gasteiger partial charge in [0.1, 0.15) is 5.82 Å². The van der Waals surface area contributed by atoms with E-state index in [0.717, 1.165) is 12.0 Å². The number of hydrazine groups is 1. The molecule has 1 saturated carbocycles. The van der Waals surface area contributed by atoms with Crippen LogP contribution in [0.5, 0.6) is 0 Å². The Balaban J connectivity index is 2.14. The summed E-state index contributed by atoms with van der Waals surface area (Å²) >= 11 is 0. The number of hydrogen-bond acceptors (Lipinski definition) is 2. The van der Waals surface area contributed by atoms with Crippen LogP contribution in [0, 0.1) is 18.7 Å². The molecule has 1 aliphatic carbocycles. The summed E-state index contributed by atoms with van der Waals surface area (Å²) in [7, 11) is 0. The SMILES string of the molecule is Cc1ccc(F)c(C(CC2CCC2)NN)c1. The average molecular weight is 222 g/mol. The molecule has 0 aromatic heterocycles. The molecule has 0 heterocycles. The zero-order valence-corrected chi connectivity index (χ0v) is 9.67. The molecule has 2 rings (SSSR count). The molecule has 1 fully saturated rings. The summed E-state index contributed by atoms with van der Waals surface area (Å²) in [5, 5.41) is 0. The van der Waals surface area contributed by atoms with E-state index >= 15 is 0 Å². The van der Waals surface area contributed by atoms with Crippen molar-refractivity contribution in [3.63, 3.8) is 0 Å². The van der Waals surface area contributed by atoms with Crippen molar-refractivity contribution in [2.75, 3.05) is 0 Å². The van der Waals surface area contributed by atoms with Crippen LogP contribution in [0.1, 0.15) is 42.9 Å². The number of rotatable bonds is 4. The summed E-state index contributed by atoms with van der Waals surface area (Å²) in [6, 6.07) is 5.15. The molecule has 1 unspecified atom stereocenters. The van der Waals surface area contributed by atoms with Crippen LogP contribution in [-0.4, -0.2) is 0 Å². The van der Waals surface area contributed by atoms with Gasteiger partial charge in [-0.2, -0.15) is 0 Å². The van der Waals surface area contributed by atoms with Crippen LogP contribution in [0.4, 0.5) is 4.39 Å². The summed E-state index contributed by atoms with van der Waals surface area (Å²) in [4.78, 5) is 0. The summed E-state index contributed by atoms with van der Waals surface area (Å²) < 4.78 is 13.7. The van der Waals surface area contributed by atoms with E-state index in [2.05, 4.69) is 5.43 Å². The second-order valence-electron chi connectivity index (χ2n) is 4.78. The fourth-order valence-corrected chi connectivity index (χ4v) is 2.28. The number of hydrogen-bond donors (Lipinski definition) is 2. The molecule has 3 heteroatoms. The predicted octanol–water partition coefficient (Wildman–Crippen LogP) is 2.83. The van der Waals surface area contributed by atoms with Crippen molar-refractivity contribution in [2.24, 2.45) is 11.8 Å². The number of benzene rings is 1. The highest BCUT2D eigenvalue weighted by Gasteiger charge is 2.24. The number of aryl methyl sites for hydroxylation is 1. The number of nitrogens with one attached hydrogen (secondary N) is 1. The lowest BCUT2D eigenvalue weighted by Gasteiger charge is -2.29. The number of nitrogens with two attached hydrogens (primary N) is 1. The molecule has 0 radical (unpaired) electrons. The summed E-state index contributed by atoms with van der Waals surface area (Å²) in [5.74, 6) is 6.08. The van der Waals surface area contributed by atoms with Crippen molar-refractivity contribution in [1.82, 2.24) is 5.43 Å². The van der Waals surface area contributed by atoms with Gasteiger partial charge in [-0.15, -0.1) is 0 Å². The lowest BCUT2D eigenvalue weighted by Crippen LogP contribution is -2.31. The minimum absolute atomic E-state index is 0.0507. The first-order valence-electron chi connectivity index (χ1n) is 5.93. The van der Waals surface area contributed by atoms with Crippen LogP contribution >= 0.6 is 0 Å². The maximum atomic E-state index is 13.7. The maximum Gasteiger partial charge on any atom is 0.128 e. The number of halogens is 1. The van der Waals surface area contributed by atoms with Gasteiger partial charge in [0.15, 0.2) is 0 Å². The summed E-state index contributed by atoms with van der Waals surface area (Å²) in [5.41, 5.74) is 4.52. The lowest BCUT2D eigenvalue weighted by molar-refractivity contribution is 0.259. The Bertz CT molecular complexity index is 361. The van der Waals surface area contributed by atoms with Crippen molar-refractivity contribution in [2.45, 2.75) is 38.6 Å². The zero-order valence-electron chi connectivity index (χ0n) is 9.67. The monoisotopic (exact) mass is 222 g/mol. The maximum absolute atomic E-state index is 13.7. The molecule has 0 spiro atoms. The van der Waals surface area contributed by atoms with Crippen molar-refractivity contribution in [3.05, 3.63) is 35.1 Å². The highest BCUT2D eigenvalue weighted by molar-refractivity contribution is 5.26. The second kappa shape index (κ2) is 4.93.